The lowest BCUT2D eigenvalue weighted by atomic mass is 9.70. The largest absolute Gasteiger partial charge is 0.389 e. The fourth-order valence-electron chi connectivity index (χ4n) is 0.902. The molecule has 66 valence electrons. The minimum absolute atomic E-state index is 0.193. The first-order chi connectivity index (χ1) is 4.75. The third kappa shape index (κ3) is 1.84. The van der Waals surface area contributed by atoms with Crippen LogP contribution < -0.4 is 0 Å². The van der Waals surface area contributed by atoms with Crippen molar-refractivity contribution in [2.24, 2.45) is 5.41 Å². The first kappa shape index (κ1) is 10.7. The Morgan fingerprint density at radius 2 is 1.73 bits per heavy atom. The van der Waals surface area contributed by atoms with Gasteiger partial charge in [-0.1, -0.05) is 32.9 Å². The summed E-state index contributed by atoms with van der Waals surface area (Å²) in [6.45, 7) is 13.8. The number of rotatable bonds is 3. The van der Waals surface area contributed by atoms with Crippen LogP contribution in [0.4, 0.5) is 0 Å². The number of hydrogen-bond donors (Lipinski definition) is 1. The van der Waals surface area contributed by atoms with Gasteiger partial charge in [0, 0.05) is 5.41 Å². The van der Waals surface area contributed by atoms with Gasteiger partial charge in [0.05, 0.1) is 5.60 Å². The Balaban J connectivity index is 4.67. The van der Waals surface area contributed by atoms with E-state index in [2.05, 4.69) is 6.58 Å². The van der Waals surface area contributed by atoms with E-state index in [-0.39, 0.29) is 5.41 Å². The molecule has 0 aliphatic rings. The lowest BCUT2D eigenvalue weighted by Gasteiger charge is -2.40. The van der Waals surface area contributed by atoms with Gasteiger partial charge < -0.3 is 5.11 Å². The Hall–Kier alpha value is -0.300. The van der Waals surface area contributed by atoms with Crippen molar-refractivity contribution >= 4 is 0 Å². The molecule has 0 aromatic carbocycles. The molecule has 0 saturated carbocycles. The molecule has 1 unspecified atom stereocenters. The third-order valence-electron chi connectivity index (χ3n) is 3.10. The fourth-order valence-corrected chi connectivity index (χ4v) is 0.902. The van der Waals surface area contributed by atoms with Crippen molar-refractivity contribution in [1.82, 2.24) is 0 Å². The maximum Gasteiger partial charge on any atom is 0.0704 e. The molecule has 0 aliphatic heterocycles. The van der Waals surface area contributed by atoms with Crippen LogP contribution in [-0.4, -0.2) is 10.7 Å². The molecular formula is C10H20O. The Morgan fingerprint density at radius 3 is 1.82 bits per heavy atom. The van der Waals surface area contributed by atoms with Crippen molar-refractivity contribution in [3.63, 3.8) is 0 Å². The quantitative estimate of drug-likeness (QED) is 0.623. The molecule has 0 fully saturated rings. The van der Waals surface area contributed by atoms with E-state index in [1.807, 2.05) is 34.6 Å². The van der Waals surface area contributed by atoms with Crippen molar-refractivity contribution in [2.45, 2.75) is 46.6 Å². The van der Waals surface area contributed by atoms with Gasteiger partial charge in [-0.05, 0) is 20.3 Å². The summed E-state index contributed by atoms with van der Waals surface area (Å²) in [6, 6.07) is 0. The molecule has 0 aromatic heterocycles. The molecule has 0 spiro atoms. The van der Waals surface area contributed by atoms with Crippen molar-refractivity contribution in [3.8, 4) is 0 Å². The molecule has 1 heteroatoms. The van der Waals surface area contributed by atoms with Crippen LogP contribution in [0.1, 0.15) is 41.0 Å². The van der Waals surface area contributed by atoms with Gasteiger partial charge in [0.2, 0.25) is 0 Å². The monoisotopic (exact) mass is 156 g/mol. The van der Waals surface area contributed by atoms with Crippen LogP contribution in [0.3, 0.4) is 0 Å². The van der Waals surface area contributed by atoms with Gasteiger partial charge in [0.25, 0.3) is 0 Å². The van der Waals surface area contributed by atoms with Crippen LogP contribution in [0, 0.1) is 5.41 Å². The summed E-state index contributed by atoms with van der Waals surface area (Å²) in [5, 5.41) is 9.96. The van der Waals surface area contributed by atoms with Crippen LogP contribution in [0.2, 0.25) is 0 Å². The topological polar surface area (TPSA) is 20.2 Å². The van der Waals surface area contributed by atoms with E-state index in [4.69, 9.17) is 0 Å². The first-order valence-corrected chi connectivity index (χ1v) is 4.14. The van der Waals surface area contributed by atoms with Gasteiger partial charge in [-0.3, -0.25) is 0 Å². The normalized spacial score (nSPS) is 17.6. The minimum Gasteiger partial charge on any atom is -0.389 e. The second kappa shape index (κ2) is 2.98. The van der Waals surface area contributed by atoms with Crippen LogP contribution in [-0.2, 0) is 0 Å². The highest BCUT2D eigenvalue weighted by Crippen LogP contribution is 2.38. The minimum atomic E-state index is -0.640. The zero-order valence-electron chi connectivity index (χ0n) is 8.36. The molecule has 0 bridgehead atoms. The van der Waals surface area contributed by atoms with E-state index in [0.717, 1.165) is 12.0 Å². The summed E-state index contributed by atoms with van der Waals surface area (Å²) in [7, 11) is 0. The molecule has 11 heavy (non-hydrogen) atoms. The van der Waals surface area contributed by atoms with Crippen LogP contribution in [0.5, 0.6) is 0 Å². The van der Waals surface area contributed by atoms with Gasteiger partial charge in [-0.25, -0.2) is 0 Å². The zero-order chi connectivity index (χ0) is 9.28. The molecule has 1 N–H and O–H groups in total. The van der Waals surface area contributed by atoms with Crippen molar-refractivity contribution in [3.05, 3.63) is 12.2 Å². The number of hydrogen-bond acceptors (Lipinski definition) is 1. The summed E-state index contributed by atoms with van der Waals surface area (Å²) in [4.78, 5) is 0. The SMILES string of the molecule is C=C(C)C(C)(C)C(C)(O)CC. The fraction of sp³-hybridized carbons (Fsp3) is 0.800. The molecule has 0 radical (unpaired) electrons. The molecule has 1 atom stereocenters. The maximum absolute atomic E-state index is 9.96. The third-order valence-corrected chi connectivity index (χ3v) is 3.10. The Kier molecular flexibility index (Phi) is 2.90. The Bertz CT molecular complexity index is 154. The second-order valence-electron chi connectivity index (χ2n) is 4.03. The average molecular weight is 156 g/mol. The van der Waals surface area contributed by atoms with E-state index in [0.29, 0.717) is 0 Å². The number of aliphatic hydroxyl groups is 1. The summed E-state index contributed by atoms with van der Waals surface area (Å²) in [5.41, 5.74) is 0.199. The van der Waals surface area contributed by atoms with Crippen LogP contribution in [0.25, 0.3) is 0 Å². The molecule has 1 nitrogen and oxygen atoms in total. The predicted molar refractivity (Wildman–Crippen MR) is 49.5 cm³/mol. The lowest BCUT2D eigenvalue weighted by Crippen LogP contribution is -2.41. The highest BCUT2D eigenvalue weighted by atomic mass is 16.3. The van der Waals surface area contributed by atoms with Crippen molar-refractivity contribution in [2.75, 3.05) is 0 Å². The highest BCUT2D eigenvalue weighted by molar-refractivity contribution is 5.11. The predicted octanol–water partition coefficient (Wildman–Crippen LogP) is 2.75. The Labute approximate surface area is 70.1 Å². The van der Waals surface area contributed by atoms with Gasteiger partial charge in [0.15, 0.2) is 0 Å². The van der Waals surface area contributed by atoms with Gasteiger partial charge in [-0.2, -0.15) is 0 Å². The summed E-state index contributed by atoms with van der Waals surface area (Å²) in [6.07, 6.45) is 0.757. The molecule has 0 aliphatic carbocycles. The van der Waals surface area contributed by atoms with E-state index in [1.54, 1.807) is 0 Å². The molecule has 0 rings (SSSR count). The molecule has 0 saturated heterocycles. The zero-order valence-corrected chi connectivity index (χ0v) is 8.36. The van der Waals surface area contributed by atoms with E-state index in [1.165, 1.54) is 0 Å². The average Bonchev–Trinajstić information content (AvgIpc) is 1.87. The van der Waals surface area contributed by atoms with E-state index in [9.17, 15) is 5.11 Å². The van der Waals surface area contributed by atoms with Crippen LogP contribution >= 0.6 is 0 Å². The lowest BCUT2D eigenvalue weighted by molar-refractivity contribution is -0.0340. The smallest absolute Gasteiger partial charge is 0.0704 e. The van der Waals surface area contributed by atoms with Crippen LogP contribution in [0.15, 0.2) is 12.2 Å². The Morgan fingerprint density at radius 1 is 1.36 bits per heavy atom. The highest BCUT2D eigenvalue weighted by Gasteiger charge is 2.37. The van der Waals surface area contributed by atoms with E-state index < -0.39 is 5.60 Å². The first-order valence-electron chi connectivity index (χ1n) is 4.14. The van der Waals surface area contributed by atoms with Crippen molar-refractivity contribution in [1.29, 1.82) is 0 Å². The molecule has 0 heterocycles. The van der Waals surface area contributed by atoms with Crippen molar-refractivity contribution < 1.29 is 5.11 Å². The summed E-state index contributed by atoms with van der Waals surface area (Å²) in [5.74, 6) is 0. The van der Waals surface area contributed by atoms with Gasteiger partial charge in [-0.15, -0.1) is 0 Å². The molecular weight excluding hydrogens is 136 g/mol. The summed E-state index contributed by atoms with van der Waals surface area (Å²) < 4.78 is 0. The van der Waals surface area contributed by atoms with Gasteiger partial charge >= 0.3 is 0 Å². The molecule has 0 aromatic rings. The summed E-state index contributed by atoms with van der Waals surface area (Å²) >= 11 is 0. The standard InChI is InChI=1S/C10H20O/c1-7-10(6,11)9(4,5)8(2)3/h11H,2,7H2,1,3-6H3. The maximum atomic E-state index is 9.96. The molecule has 0 amide bonds. The van der Waals surface area contributed by atoms with Gasteiger partial charge in [0.1, 0.15) is 0 Å². The van der Waals surface area contributed by atoms with E-state index >= 15 is 0 Å². The second-order valence-corrected chi connectivity index (χ2v) is 4.03.